The monoisotopic (exact) mass is 371 g/mol. The first-order valence-electron chi connectivity index (χ1n) is 9.62. The van der Waals surface area contributed by atoms with Crippen LogP contribution < -0.4 is 10.9 Å². The summed E-state index contributed by atoms with van der Waals surface area (Å²) in [7, 11) is 0. The molecule has 6 nitrogen and oxygen atoms in total. The average Bonchev–Trinajstić information content (AvgIpc) is 3.32. The van der Waals surface area contributed by atoms with E-state index < -0.39 is 0 Å². The van der Waals surface area contributed by atoms with Crippen molar-refractivity contribution in [2.24, 2.45) is 5.92 Å². The smallest absolute Gasteiger partial charge is 0.263 e. The first kappa shape index (κ1) is 16.7. The molecule has 0 atom stereocenters. The van der Waals surface area contributed by atoms with Crippen LogP contribution in [0.5, 0.6) is 0 Å². The standard InChI is InChI=1S/C22H21N5O/c28-21-19-14-24-27(18-8-2-1-3-9-18)20(19)25-22(26-21)23-11-10-15-12-16-6-4-5-7-17(16)13-15/h1-9,14-15H,10-13H2,(H2,23,25,26,28). The van der Waals surface area contributed by atoms with Crippen LogP contribution in [0, 0.1) is 5.92 Å². The van der Waals surface area contributed by atoms with E-state index in [1.54, 1.807) is 10.9 Å². The number of hydrogen-bond acceptors (Lipinski definition) is 4. The second kappa shape index (κ2) is 6.96. The Bertz CT molecular complexity index is 1150. The molecule has 0 radical (unpaired) electrons. The van der Waals surface area contributed by atoms with Gasteiger partial charge in [-0.2, -0.15) is 10.1 Å². The Balaban J connectivity index is 1.32. The first-order valence-corrected chi connectivity index (χ1v) is 9.62. The highest BCUT2D eigenvalue weighted by molar-refractivity contribution is 5.76. The van der Waals surface area contributed by atoms with Gasteiger partial charge in [0.25, 0.3) is 5.56 Å². The Kier molecular flexibility index (Phi) is 4.16. The maximum atomic E-state index is 12.4. The van der Waals surface area contributed by atoms with Gasteiger partial charge < -0.3 is 5.32 Å². The van der Waals surface area contributed by atoms with Gasteiger partial charge in [0.05, 0.1) is 11.9 Å². The van der Waals surface area contributed by atoms with Gasteiger partial charge in [-0.05, 0) is 48.4 Å². The van der Waals surface area contributed by atoms with E-state index in [1.807, 2.05) is 30.3 Å². The molecule has 0 fully saturated rings. The molecule has 0 bridgehead atoms. The maximum absolute atomic E-state index is 12.4. The SMILES string of the molecule is O=c1[nH]c(NCCC2Cc3ccccc3C2)nc2c1cnn2-c1ccccc1. The predicted molar refractivity (Wildman–Crippen MR) is 110 cm³/mol. The van der Waals surface area contributed by atoms with E-state index in [2.05, 4.69) is 44.6 Å². The minimum atomic E-state index is -0.178. The van der Waals surface area contributed by atoms with Crippen molar-refractivity contribution in [1.82, 2.24) is 19.7 Å². The van der Waals surface area contributed by atoms with E-state index in [9.17, 15) is 4.79 Å². The van der Waals surface area contributed by atoms with Crippen LogP contribution in [0.4, 0.5) is 5.95 Å². The van der Waals surface area contributed by atoms with Gasteiger partial charge in [-0.25, -0.2) is 4.68 Å². The molecule has 4 aromatic rings. The van der Waals surface area contributed by atoms with Gasteiger partial charge in [-0.15, -0.1) is 0 Å². The summed E-state index contributed by atoms with van der Waals surface area (Å²) < 4.78 is 1.70. The van der Waals surface area contributed by atoms with Crippen molar-refractivity contribution in [3.8, 4) is 5.69 Å². The fourth-order valence-corrected chi connectivity index (χ4v) is 4.01. The molecule has 6 heteroatoms. The van der Waals surface area contributed by atoms with Gasteiger partial charge >= 0.3 is 0 Å². The number of fused-ring (bicyclic) bond motifs is 2. The molecule has 2 N–H and O–H groups in total. The minimum Gasteiger partial charge on any atom is -0.356 e. The normalized spacial score (nSPS) is 13.7. The maximum Gasteiger partial charge on any atom is 0.263 e. The number of rotatable bonds is 5. The van der Waals surface area contributed by atoms with Crippen LogP contribution in [0.25, 0.3) is 16.7 Å². The molecule has 5 rings (SSSR count). The van der Waals surface area contributed by atoms with Gasteiger partial charge in [-0.1, -0.05) is 42.5 Å². The Labute approximate surface area is 162 Å². The molecule has 2 aromatic heterocycles. The molecule has 0 aliphatic heterocycles. The van der Waals surface area contributed by atoms with E-state index in [4.69, 9.17) is 0 Å². The molecule has 0 unspecified atom stereocenters. The van der Waals surface area contributed by atoms with Crippen LogP contribution in [0.15, 0.2) is 65.6 Å². The first-order chi connectivity index (χ1) is 13.8. The summed E-state index contributed by atoms with van der Waals surface area (Å²) in [5.41, 5.74) is 4.19. The van der Waals surface area contributed by atoms with Crippen LogP contribution in [0.1, 0.15) is 17.5 Å². The number of H-pyrrole nitrogens is 1. The summed E-state index contributed by atoms with van der Waals surface area (Å²) in [4.78, 5) is 19.9. The second-order valence-corrected chi connectivity index (χ2v) is 7.30. The molecule has 2 heterocycles. The molecular weight excluding hydrogens is 350 g/mol. The van der Waals surface area contributed by atoms with Crippen LogP contribution in [-0.4, -0.2) is 26.3 Å². The molecule has 2 aromatic carbocycles. The van der Waals surface area contributed by atoms with Crippen molar-refractivity contribution < 1.29 is 0 Å². The van der Waals surface area contributed by atoms with E-state index in [0.29, 0.717) is 22.9 Å². The third kappa shape index (κ3) is 3.07. The number of benzene rings is 2. The number of para-hydroxylation sites is 1. The topological polar surface area (TPSA) is 75.6 Å². The zero-order valence-electron chi connectivity index (χ0n) is 15.4. The summed E-state index contributed by atoms with van der Waals surface area (Å²) in [5, 5.41) is 8.12. The molecular formula is C22H21N5O. The van der Waals surface area contributed by atoms with Crippen molar-refractivity contribution in [2.75, 3.05) is 11.9 Å². The molecule has 0 amide bonds. The largest absolute Gasteiger partial charge is 0.356 e. The number of anilines is 1. The lowest BCUT2D eigenvalue weighted by molar-refractivity contribution is 0.529. The van der Waals surface area contributed by atoms with E-state index in [-0.39, 0.29) is 5.56 Å². The van der Waals surface area contributed by atoms with Gasteiger partial charge in [0.2, 0.25) is 5.95 Å². The average molecular weight is 371 g/mol. The van der Waals surface area contributed by atoms with Crippen LogP contribution in [0.2, 0.25) is 0 Å². The van der Waals surface area contributed by atoms with E-state index >= 15 is 0 Å². The Morgan fingerprint density at radius 2 is 1.75 bits per heavy atom. The summed E-state index contributed by atoms with van der Waals surface area (Å²) in [6, 6.07) is 18.4. The molecule has 28 heavy (non-hydrogen) atoms. The van der Waals surface area contributed by atoms with Crippen molar-refractivity contribution in [1.29, 1.82) is 0 Å². The predicted octanol–water partition coefficient (Wildman–Crippen LogP) is 3.33. The number of hydrogen-bond donors (Lipinski definition) is 2. The van der Waals surface area contributed by atoms with Crippen molar-refractivity contribution >= 4 is 17.0 Å². The van der Waals surface area contributed by atoms with Crippen LogP contribution in [0.3, 0.4) is 0 Å². The fourth-order valence-electron chi connectivity index (χ4n) is 4.01. The molecule has 1 aliphatic rings. The highest BCUT2D eigenvalue weighted by atomic mass is 16.1. The molecule has 0 spiro atoms. The van der Waals surface area contributed by atoms with Crippen molar-refractivity contribution in [3.05, 3.63) is 82.3 Å². The highest BCUT2D eigenvalue weighted by Crippen LogP contribution is 2.28. The Morgan fingerprint density at radius 1 is 1.04 bits per heavy atom. The third-order valence-corrected chi connectivity index (χ3v) is 5.42. The van der Waals surface area contributed by atoms with Crippen molar-refractivity contribution in [3.63, 3.8) is 0 Å². The highest BCUT2D eigenvalue weighted by Gasteiger charge is 2.20. The number of nitrogens with zero attached hydrogens (tertiary/aromatic N) is 3. The lowest BCUT2D eigenvalue weighted by atomic mass is 10.0. The minimum absolute atomic E-state index is 0.178. The lowest BCUT2D eigenvalue weighted by Gasteiger charge is -2.10. The summed E-state index contributed by atoms with van der Waals surface area (Å²) in [5.74, 6) is 1.13. The summed E-state index contributed by atoms with van der Waals surface area (Å²) >= 11 is 0. The summed E-state index contributed by atoms with van der Waals surface area (Å²) in [6.45, 7) is 0.770. The lowest BCUT2D eigenvalue weighted by Crippen LogP contribution is -2.16. The van der Waals surface area contributed by atoms with Crippen LogP contribution in [-0.2, 0) is 12.8 Å². The molecule has 0 saturated heterocycles. The molecule has 1 aliphatic carbocycles. The number of nitrogens with one attached hydrogen (secondary N) is 2. The zero-order valence-corrected chi connectivity index (χ0v) is 15.4. The third-order valence-electron chi connectivity index (χ3n) is 5.42. The van der Waals surface area contributed by atoms with Crippen molar-refractivity contribution in [2.45, 2.75) is 19.3 Å². The Hall–Kier alpha value is -3.41. The van der Waals surface area contributed by atoms with Gasteiger partial charge in [0.1, 0.15) is 5.39 Å². The quantitative estimate of drug-likeness (QED) is 0.564. The van der Waals surface area contributed by atoms with Gasteiger partial charge in [0, 0.05) is 6.54 Å². The zero-order chi connectivity index (χ0) is 18.9. The van der Waals surface area contributed by atoms with E-state index in [1.165, 1.54) is 11.1 Å². The molecule has 140 valence electrons. The molecule has 0 saturated carbocycles. The number of aromatic nitrogens is 4. The van der Waals surface area contributed by atoms with Gasteiger partial charge in [0.15, 0.2) is 5.65 Å². The second-order valence-electron chi connectivity index (χ2n) is 7.30. The van der Waals surface area contributed by atoms with Gasteiger partial charge in [-0.3, -0.25) is 9.78 Å². The Morgan fingerprint density at radius 3 is 2.50 bits per heavy atom. The fraction of sp³-hybridized carbons (Fsp3) is 0.227. The number of aromatic amines is 1. The van der Waals surface area contributed by atoms with E-state index in [0.717, 1.165) is 31.5 Å². The summed E-state index contributed by atoms with van der Waals surface area (Å²) in [6.07, 6.45) is 4.85. The van der Waals surface area contributed by atoms with Crippen LogP contribution >= 0.6 is 0 Å².